The third kappa shape index (κ3) is 3.24. The molecule has 0 aliphatic carbocycles. The molecular formula is C20H22S. The number of rotatable bonds is 6. The largest absolute Gasteiger partial charge is 0.125 e. The predicted molar refractivity (Wildman–Crippen MR) is 96.3 cm³/mol. The molecular weight excluding hydrogens is 272 g/mol. The van der Waals surface area contributed by atoms with Crippen LogP contribution in [0.2, 0.25) is 0 Å². The lowest BCUT2D eigenvalue weighted by atomic mass is 10.0. The van der Waals surface area contributed by atoms with E-state index in [0.29, 0.717) is 0 Å². The third-order valence-electron chi connectivity index (χ3n) is 3.99. The second-order valence-electron chi connectivity index (χ2n) is 5.55. The maximum atomic E-state index is 2.28. The molecule has 0 heterocycles. The van der Waals surface area contributed by atoms with Gasteiger partial charge in [0.05, 0.1) is 0 Å². The SMILES string of the molecule is CCCCCCSc1cccc2ccc3ccccc3c12. The standard InChI is InChI=1S/C20H22S/c1-2-3-4-7-15-21-19-12-8-10-17-14-13-16-9-5-6-11-18(16)20(17)19/h5-6,8-14H,2-4,7,15H2,1H3. The molecule has 0 N–H and O–H groups in total. The summed E-state index contributed by atoms with van der Waals surface area (Å²) in [5.74, 6) is 1.22. The Morgan fingerprint density at radius 2 is 1.57 bits per heavy atom. The van der Waals surface area contributed by atoms with Crippen LogP contribution < -0.4 is 0 Å². The van der Waals surface area contributed by atoms with Crippen LogP contribution in [0.25, 0.3) is 21.5 Å². The first-order valence-corrected chi connectivity index (χ1v) is 8.92. The van der Waals surface area contributed by atoms with Crippen LogP contribution in [0.1, 0.15) is 32.6 Å². The van der Waals surface area contributed by atoms with Crippen molar-refractivity contribution in [3.8, 4) is 0 Å². The van der Waals surface area contributed by atoms with Crippen LogP contribution in [0, 0.1) is 0 Å². The number of benzene rings is 3. The summed E-state index contributed by atoms with van der Waals surface area (Å²) < 4.78 is 0. The molecule has 3 rings (SSSR count). The Balaban J connectivity index is 1.92. The van der Waals surface area contributed by atoms with Gasteiger partial charge in [-0.2, -0.15) is 0 Å². The van der Waals surface area contributed by atoms with Gasteiger partial charge >= 0.3 is 0 Å². The summed E-state index contributed by atoms with van der Waals surface area (Å²) in [5, 5.41) is 5.50. The van der Waals surface area contributed by atoms with Gasteiger partial charge < -0.3 is 0 Å². The van der Waals surface area contributed by atoms with Gasteiger partial charge in [0.2, 0.25) is 0 Å². The van der Waals surface area contributed by atoms with Gasteiger partial charge in [-0.15, -0.1) is 11.8 Å². The van der Waals surface area contributed by atoms with E-state index in [4.69, 9.17) is 0 Å². The highest BCUT2D eigenvalue weighted by atomic mass is 32.2. The molecule has 0 aromatic heterocycles. The average molecular weight is 294 g/mol. The van der Waals surface area contributed by atoms with E-state index in [9.17, 15) is 0 Å². The lowest BCUT2D eigenvalue weighted by Gasteiger charge is -2.09. The maximum Gasteiger partial charge on any atom is 0.0157 e. The Bertz CT molecular complexity index is 730. The first kappa shape index (κ1) is 14.5. The normalized spacial score (nSPS) is 11.3. The summed E-state index contributed by atoms with van der Waals surface area (Å²) >= 11 is 2.02. The summed E-state index contributed by atoms with van der Waals surface area (Å²) in [5.41, 5.74) is 0. The van der Waals surface area contributed by atoms with Gasteiger partial charge in [-0.05, 0) is 34.4 Å². The Kier molecular flexibility index (Phi) is 4.82. The molecule has 0 aliphatic rings. The van der Waals surface area contributed by atoms with Gasteiger partial charge in [-0.3, -0.25) is 0 Å². The van der Waals surface area contributed by atoms with E-state index in [-0.39, 0.29) is 0 Å². The molecule has 0 atom stereocenters. The highest BCUT2D eigenvalue weighted by Crippen LogP contribution is 2.34. The molecule has 0 amide bonds. The minimum atomic E-state index is 1.22. The zero-order valence-corrected chi connectivity index (χ0v) is 13.5. The van der Waals surface area contributed by atoms with E-state index in [1.54, 1.807) is 0 Å². The Morgan fingerprint density at radius 1 is 0.762 bits per heavy atom. The first-order chi connectivity index (χ1) is 10.4. The molecule has 3 aromatic rings. The van der Waals surface area contributed by atoms with Crippen molar-refractivity contribution in [3.05, 3.63) is 54.6 Å². The molecule has 3 aromatic carbocycles. The van der Waals surface area contributed by atoms with Gasteiger partial charge in [0.1, 0.15) is 0 Å². The smallest absolute Gasteiger partial charge is 0.0157 e. The minimum absolute atomic E-state index is 1.22. The molecule has 0 unspecified atom stereocenters. The number of hydrogen-bond acceptors (Lipinski definition) is 1. The lowest BCUT2D eigenvalue weighted by molar-refractivity contribution is 0.706. The minimum Gasteiger partial charge on any atom is -0.125 e. The van der Waals surface area contributed by atoms with E-state index >= 15 is 0 Å². The number of hydrogen-bond donors (Lipinski definition) is 0. The lowest BCUT2D eigenvalue weighted by Crippen LogP contribution is -1.84. The fourth-order valence-corrected chi connectivity index (χ4v) is 3.97. The van der Waals surface area contributed by atoms with Crippen molar-refractivity contribution < 1.29 is 0 Å². The topological polar surface area (TPSA) is 0 Å². The fourth-order valence-electron chi connectivity index (χ4n) is 2.86. The van der Waals surface area contributed by atoms with Crippen molar-refractivity contribution in [2.45, 2.75) is 37.5 Å². The van der Waals surface area contributed by atoms with Gasteiger partial charge in [0.15, 0.2) is 0 Å². The van der Waals surface area contributed by atoms with Crippen LogP contribution in [-0.2, 0) is 0 Å². The van der Waals surface area contributed by atoms with Crippen molar-refractivity contribution in [1.82, 2.24) is 0 Å². The van der Waals surface area contributed by atoms with Crippen molar-refractivity contribution in [2.24, 2.45) is 0 Å². The van der Waals surface area contributed by atoms with Crippen LogP contribution in [0.5, 0.6) is 0 Å². The molecule has 0 radical (unpaired) electrons. The van der Waals surface area contributed by atoms with Gasteiger partial charge in [-0.25, -0.2) is 0 Å². The zero-order chi connectivity index (χ0) is 14.5. The van der Waals surface area contributed by atoms with Crippen LogP contribution in [0.15, 0.2) is 59.5 Å². The summed E-state index contributed by atoms with van der Waals surface area (Å²) in [4.78, 5) is 1.43. The summed E-state index contributed by atoms with van der Waals surface area (Å²) in [6, 6.07) is 19.9. The molecule has 0 saturated carbocycles. The van der Waals surface area contributed by atoms with E-state index < -0.39 is 0 Å². The predicted octanol–water partition coefficient (Wildman–Crippen LogP) is 6.67. The average Bonchev–Trinajstić information content (AvgIpc) is 2.54. The molecule has 0 spiro atoms. The van der Waals surface area contributed by atoms with Gasteiger partial charge in [0.25, 0.3) is 0 Å². The summed E-state index contributed by atoms with van der Waals surface area (Å²) in [6.07, 6.45) is 5.34. The molecule has 0 fully saturated rings. The fraction of sp³-hybridized carbons (Fsp3) is 0.300. The Hall–Kier alpha value is -1.47. The van der Waals surface area contributed by atoms with Crippen LogP contribution >= 0.6 is 11.8 Å². The van der Waals surface area contributed by atoms with Crippen LogP contribution in [-0.4, -0.2) is 5.75 Å². The van der Waals surface area contributed by atoms with Crippen molar-refractivity contribution in [3.63, 3.8) is 0 Å². The quantitative estimate of drug-likeness (QED) is 0.278. The van der Waals surface area contributed by atoms with Crippen molar-refractivity contribution >= 4 is 33.3 Å². The second kappa shape index (κ2) is 7.00. The third-order valence-corrected chi connectivity index (χ3v) is 5.13. The van der Waals surface area contributed by atoms with E-state index in [1.165, 1.54) is 57.9 Å². The van der Waals surface area contributed by atoms with E-state index in [2.05, 4.69) is 61.5 Å². The van der Waals surface area contributed by atoms with Crippen molar-refractivity contribution in [2.75, 3.05) is 5.75 Å². The summed E-state index contributed by atoms with van der Waals surface area (Å²) in [6.45, 7) is 2.27. The molecule has 0 bridgehead atoms. The zero-order valence-electron chi connectivity index (χ0n) is 12.6. The molecule has 21 heavy (non-hydrogen) atoms. The monoisotopic (exact) mass is 294 g/mol. The Labute approximate surface area is 131 Å². The van der Waals surface area contributed by atoms with Gasteiger partial charge in [0, 0.05) is 10.3 Å². The highest BCUT2D eigenvalue weighted by molar-refractivity contribution is 7.99. The molecule has 0 nitrogen and oxygen atoms in total. The number of unbranched alkanes of at least 4 members (excludes halogenated alkanes) is 3. The van der Waals surface area contributed by atoms with E-state index in [0.717, 1.165) is 0 Å². The maximum absolute atomic E-state index is 2.28. The number of fused-ring (bicyclic) bond motifs is 3. The van der Waals surface area contributed by atoms with Gasteiger partial charge in [-0.1, -0.05) is 74.7 Å². The molecule has 1 heteroatoms. The second-order valence-corrected chi connectivity index (χ2v) is 6.69. The molecule has 0 saturated heterocycles. The number of thioether (sulfide) groups is 1. The molecule has 0 aliphatic heterocycles. The first-order valence-electron chi connectivity index (χ1n) is 7.93. The highest BCUT2D eigenvalue weighted by Gasteiger charge is 2.05. The van der Waals surface area contributed by atoms with Crippen LogP contribution in [0.3, 0.4) is 0 Å². The summed E-state index contributed by atoms with van der Waals surface area (Å²) in [7, 11) is 0. The van der Waals surface area contributed by atoms with E-state index in [1.807, 2.05) is 11.8 Å². The molecule has 108 valence electrons. The van der Waals surface area contributed by atoms with Crippen LogP contribution in [0.4, 0.5) is 0 Å². The van der Waals surface area contributed by atoms with Crippen molar-refractivity contribution in [1.29, 1.82) is 0 Å². The Morgan fingerprint density at radius 3 is 2.48 bits per heavy atom.